The van der Waals surface area contributed by atoms with Gasteiger partial charge in [-0.25, -0.2) is 4.98 Å². The van der Waals surface area contributed by atoms with Crippen molar-refractivity contribution in [2.24, 2.45) is 0 Å². The third-order valence-corrected chi connectivity index (χ3v) is 4.72. The number of carbonyl (C=O) groups is 2. The Balaban J connectivity index is 1.40. The number of imidazole rings is 1. The van der Waals surface area contributed by atoms with Crippen molar-refractivity contribution < 1.29 is 19.5 Å². The number of anilines is 1. The van der Waals surface area contributed by atoms with Gasteiger partial charge in [-0.3, -0.25) is 19.4 Å². The van der Waals surface area contributed by atoms with Gasteiger partial charge in [0.05, 0.1) is 18.6 Å². The van der Waals surface area contributed by atoms with Crippen molar-refractivity contribution >= 4 is 17.8 Å². The molecule has 1 aliphatic heterocycles. The molecule has 3 rings (SSSR count). The molecule has 0 radical (unpaired) electrons. The molecule has 3 unspecified atom stereocenters. The van der Waals surface area contributed by atoms with E-state index in [1.807, 2.05) is 0 Å². The molecule has 1 aliphatic rings. The Labute approximate surface area is 168 Å². The third kappa shape index (κ3) is 6.54. The van der Waals surface area contributed by atoms with Gasteiger partial charge in [-0.05, 0) is 30.9 Å². The van der Waals surface area contributed by atoms with Crippen LogP contribution < -0.4 is 16.1 Å². The number of nitrogens with one attached hydrogen (secondary N) is 4. The Kier molecular flexibility index (Phi) is 7.54. The van der Waals surface area contributed by atoms with Crippen LogP contribution >= 0.6 is 0 Å². The summed E-state index contributed by atoms with van der Waals surface area (Å²) in [6.07, 6.45) is 9.65. The maximum atomic E-state index is 12.6. The lowest BCUT2D eigenvalue weighted by molar-refractivity contribution is -0.137. The van der Waals surface area contributed by atoms with Crippen LogP contribution in [0.15, 0.2) is 36.9 Å². The van der Waals surface area contributed by atoms with Crippen LogP contribution in [-0.2, 0) is 14.4 Å². The minimum absolute atomic E-state index is 0.0503. The molecule has 0 spiro atoms. The van der Waals surface area contributed by atoms with Gasteiger partial charge < -0.3 is 20.7 Å². The molecule has 0 saturated carbocycles. The van der Waals surface area contributed by atoms with Crippen LogP contribution in [-0.4, -0.2) is 50.6 Å². The second-order valence-electron chi connectivity index (χ2n) is 6.95. The monoisotopic (exact) mass is 402 g/mol. The average Bonchev–Trinajstić information content (AvgIpc) is 3.39. The van der Waals surface area contributed by atoms with Crippen LogP contribution in [0.3, 0.4) is 0 Å². The Hall–Kier alpha value is -2.98. The number of amides is 1. The fourth-order valence-electron chi connectivity index (χ4n) is 3.22. The predicted molar refractivity (Wildman–Crippen MR) is 105 cm³/mol. The van der Waals surface area contributed by atoms with Crippen molar-refractivity contribution in [3.63, 3.8) is 0 Å². The lowest BCUT2D eigenvalue weighted by atomic mass is 10.0. The zero-order valence-corrected chi connectivity index (χ0v) is 16.0. The Morgan fingerprint density at radius 3 is 2.97 bits per heavy atom. The Morgan fingerprint density at radius 1 is 1.34 bits per heavy atom. The summed E-state index contributed by atoms with van der Waals surface area (Å²) in [6.45, 7) is 0.805. The summed E-state index contributed by atoms with van der Waals surface area (Å²) in [5.41, 5.74) is 3.43. The standard InChI is InChI=1S/C19H26N6O4/c26-17(27)11-15(13-4-3-6-20-12-13)24-18(28)16-10-14(29-25-16)5-1-2-7-21-19-22-8-9-23-19/h3-4,6,8-9,12,14-16,25H,1-2,5,7,10-11H2,(H,24,28)(H,26,27)(H2,21,22,23). The first kappa shape index (κ1) is 20.7. The van der Waals surface area contributed by atoms with Crippen molar-refractivity contribution in [1.82, 2.24) is 25.7 Å². The molecule has 2 aromatic heterocycles. The van der Waals surface area contributed by atoms with Gasteiger partial charge in [-0.15, -0.1) is 0 Å². The second kappa shape index (κ2) is 10.5. The quantitative estimate of drug-likeness (QED) is 0.355. The largest absolute Gasteiger partial charge is 0.481 e. The van der Waals surface area contributed by atoms with E-state index < -0.39 is 18.1 Å². The number of hydroxylamine groups is 1. The van der Waals surface area contributed by atoms with Crippen molar-refractivity contribution in [3.8, 4) is 0 Å². The van der Waals surface area contributed by atoms with E-state index in [0.29, 0.717) is 12.0 Å². The van der Waals surface area contributed by atoms with Gasteiger partial charge in [-0.2, -0.15) is 5.48 Å². The molecule has 2 aromatic rings. The second-order valence-corrected chi connectivity index (χ2v) is 6.95. The van der Waals surface area contributed by atoms with Crippen LogP contribution in [0.5, 0.6) is 0 Å². The number of pyridine rings is 1. The minimum atomic E-state index is -0.990. The van der Waals surface area contributed by atoms with Crippen LogP contribution in [0, 0.1) is 0 Å². The molecule has 1 fully saturated rings. The molecule has 0 bridgehead atoms. The number of carboxylic acids is 1. The fourth-order valence-corrected chi connectivity index (χ4v) is 3.22. The van der Waals surface area contributed by atoms with Gasteiger partial charge in [0.15, 0.2) is 5.95 Å². The van der Waals surface area contributed by atoms with E-state index in [2.05, 4.69) is 31.1 Å². The molecule has 0 aliphatic carbocycles. The number of aromatic nitrogens is 3. The van der Waals surface area contributed by atoms with E-state index in [9.17, 15) is 9.59 Å². The van der Waals surface area contributed by atoms with Gasteiger partial charge in [0, 0.05) is 37.8 Å². The number of hydrogen-bond donors (Lipinski definition) is 5. The molecule has 1 saturated heterocycles. The maximum absolute atomic E-state index is 12.6. The molecule has 10 nitrogen and oxygen atoms in total. The molecule has 5 N–H and O–H groups in total. The van der Waals surface area contributed by atoms with Crippen molar-refractivity contribution in [3.05, 3.63) is 42.5 Å². The molecule has 10 heteroatoms. The number of aromatic amines is 1. The van der Waals surface area contributed by atoms with Crippen molar-refractivity contribution in [2.45, 2.75) is 50.3 Å². The van der Waals surface area contributed by atoms with E-state index in [0.717, 1.165) is 31.8 Å². The van der Waals surface area contributed by atoms with Gasteiger partial charge in [0.25, 0.3) is 0 Å². The fraction of sp³-hybridized carbons (Fsp3) is 0.474. The SMILES string of the molecule is O=C(O)CC(NC(=O)C1CC(CCCCNc2ncc[nH]2)ON1)c1cccnc1. The smallest absolute Gasteiger partial charge is 0.305 e. The van der Waals surface area contributed by atoms with E-state index in [1.165, 1.54) is 0 Å². The van der Waals surface area contributed by atoms with Crippen LogP contribution in [0.25, 0.3) is 0 Å². The normalized spacial score (nSPS) is 19.6. The van der Waals surface area contributed by atoms with Crippen LogP contribution in [0.4, 0.5) is 5.95 Å². The highest BCUT2D eigenvalue weighted by atomic mass is 16.7. The molecule has 29 heavy (non-hydrogen) atoms. The third-order valence-electron chi connectivity index (χ3n) is 4.72. The maximum Gasteiger partial charge on any atom is 0.305 e. The first-order valence-corrected chi connectivity index (χ1v) is 9.68. The van der Waals surface area contributed by atoms with E-state index in [4.69, 9.17) is 9.94 Å². The van der Waals surface area contributed by atoms with E-state index >= 15 is 0 Å². The van der Waals surface area contributed by atoms with Gasteiger partial charge in [0.2, 0.25) is 5.91 Å². The van der Waals surface area contributed by atoms with E-state index in [1.54, 1.807) is 36.9 Å². The minimum Gasteiger partial charge on any atom is -0.481 e. The highest BCUT2D eigenvalue weighted by Gasteiger charge is 2.32. The van der Waals surface area contributed by atoms with Crippen molar-refractivity contribution in [1.29, 1.82) is 0 Å². The number of rotatable bonds is 11. The number of aliphatic carboxylic acids is 1. The summed E-state index contributed by atoms with van der Waals surface area (Å²) in [4.78, 5) is 40.3. The summed E-state index contributed by atoms with van der Waals surface area (Å²) >= 11 is 0. The summed E-state index contributed by atoms with van der Waals surface area (Å²) in [5, 5.41) is 15.1. The summed E-state index contributed by atoms with van der Waals surface area (Å²) in [6, 6.07) is 2.32. The molecular formula is C19H26N6O4. The predicted octanol–water partition coefficient (Wildman–Crippen LogP) is 1.38. The summed E-state index contributed by atoms with van der Waals surface area (Å²) in [5.74, 6) is -0.511. The van der Waals surface area contributed by atoms with Crippen LogP contribution in [0.1, 0.15) is 43.7 Å². The molecular weight excluding hydrogens is 376 g/mol. The number of carbonyl (C=O) groups excluding carboxylic acids is 1. The highest BCUT2D eigenvalue weighted by molar-refractivity contribution is 5.83. The molecule has 1 amide bonds. The number of hydrogen-bond acceptors (Lipinski definition) is 7. The van der Waals surface area contributed by atoms with Gasteiger partial charge in [-0.1, -0.05) is 6.07 Å². The first-order chi connectivity index (χ1) is 14.1. The number of carboxylic acid groups (broad SMARTS) is 1. The van der Waals surface area contributed by atoms with Crippen molar-refractivity contribution in [2.75, 3.05) is 11.9 Å². The average molecular weight is 402 g/mol. The first-order valence-electron chi connectivity index (χ1n) is 9.68. The molecule has 0 aromatic carbocycles. The van der Waals surface area contributed by atoms with Gasteiger partial charge >= 0.3 is 5.97 Å². The lowest BCUT2D eigenvalue weighted by Gasteiger charge is -2.19. The highest BCUT2D eigenvalue weighted by Crippen LogP contribution is 2.20. The molecule has 3 heterocycles. The van der Waals surface area contributed by atoms with E-state index in [-0.39, 0.29) is 18.4 Å². The lowest BCUT2D eigenvalue weighted by Crippen LogP contribution is -2.42. The molecule has 156 valence electrons. The zero-order chi connectivity index (χ0) is 20.5. The molecule has 3 atom stereocenters. The number of H-pyrrole nitrogens is 1. The number of unbranched alkanes of at least 4 members (excludes halogenated alkanes) is 1. The Morgan fingerprint density at radius 2 is 2.24 bits per heavy atom. The zero-order valence-electron chi connectivity index (χ0n) is 16.0. The summed E-state index contributed by atoms with van der Waals surface area (Å²) < 4.78 is 0. The summed E-state index contributed by atoms with van der Waals surface area (Å²) in [7, 11) is 0. The number of nitrogens with zero attached hydrogens (tertiary/aromatic N) is 2. The van der Waals surface area contributed by atoms with Gasteiger partial charge in [0.1, 0.15) is 6.04 Å². The van der Waals surface area contributed by atoms with Crippen LogP contribution in [0.2, 0.25) is 0 Å². The Bertz CT molecular complexity index is 770. The topological polar surface area (TPSA) is 141 Å².